The van der Waals surface area contributed by atoms with E-state index in [4.69, 9.17) is 21.7 Å². The summed E-state index contributed by atoms with van der Waals surface area (Å²) in [6.07, 6.45) is 1.55. The average molecular weight is 461 g/mol. The van der Waals surface area contributed by atoms with Crippen molar-refractivity contribution in [3.8, 4) is 11.5 Å². The molecule has 4 rings (SSSR count). The molecule has 168 valence electrons. The van der Waals surface area contributed by atoms with Gasteiger partial charge in [-0.3, -0.25) is 19.4 Å². The maximum absolute atomic E-state index is 12.6. The van der Waals surface area contributed by atoms with Gasteiger partial charge in [-0.15, -0.1) is 0 Å². The molecule has 0 saturated carbocycles. The Balaban J connectivity index is 1.61. The van der Waals surface area contributed by atoms with Gasteiger partial charge in [0, 0.05) is 14.1 Å². The van der Waals surface area contributed by atoms with E-state index in [2.05, 4.69) is 18.2 Å². The molecule has 33 heavy (non-hydrogen) atoms. The Morgan fingerprint density at radius 3 is 2.30 bits per heavy atom. The van der Waals surface area contributed by atoms with Crippen molar-refractivity contribution in [3.63, 3.8) is 0 Å². The fourth-order valence-corrected chi connectivity index (χ4v) is 3.88. The zero-order valence-corrected chi connectivity index (χ0v) is 19.5. The van der Waals surface area contributed by atoms with Crippen molar-refractivity contribution in [3.05, 3.63) is 77.4 Å². The topological polar surface area (TPSA) is 59.1 Å². The second-order valence-corrected chi connectivity index (χ2v) is 8.00. The van der Waals surface area contributed by atoms with Crippen molar-refractivity contribution in [1.29, 1.82) is 0 Å². The number of carbonyl (C=O) groups excluding carboxylic acids is 2. The highest BCUT2D eigenvalue weighted by molar-refractivity contribution is 7.80. The summed E-state index contributed by atoms with van der Waals surface area (Å²) in [5.74, 6) is 0.262. The molecule has 0 bridgehead atoms. The lowest BCUT2D eigenvalue weighted by Gasteiger charge is -2.31. The van der Waals surface area contributed by atoms with Crippen LogP contribution < -0.4 is 9.47 Å². The number of thiocarbonyl (C=S) groups is 1. The van der Waals surface area contributed by atoms with Crippen LogP contribution in [0.4, 0.5) is 0 Å². The van der Waals surface area contributed by atoms with Gasteiger partial charge in [-0.1, -0.05) is 48.5 Å². The molecule has 0 N–H and O–H groups in total. The molecule has 7 heteroatoms. The molecular formula is C26H24N2O4S. The van der Waals surface area contributed by atoms with Crippen LogP contribution in [-0.2, 0) is 16.2 Å². The van der Waals surface area contributed by atoms with Crippen LogP contribution in [0, 0.1) is 0 Å². The molecule has 1 saturated heterocycles. The van der Waals surface area contributed by atoms with Gasteiger partial charge in [-0.05, 0) is 59.2 Å². The monoisotopic (exact) mass is 460 g/mol. The standard InChI is InChI=1S/C26H24N2O4S/c1-4-31-23-15-17(14-21-24(29)27(2)26(33)28(3)25(21)30)12-13-22(23)32-16-19-10-7-9-18-8-5-6-11-20(18)19/h5-15H,4,16H2,1-3H3. The number of nitrogens with zero attached hydrogens (tertiary/aromatic N) is 2. The summed E-state index contributed by atoms with van der Waals surface area (Å²) in [6, 6.07) is 19.6. The molecule has 1 aliphatic heterocycles. The lowest BCUT2D eigenvalue weighted by molar-refractivity contribution is -0.132. The molecule has 6 nitrogen and oxygen atoms in total. The summed E-state index contributed by atoms with van der Waals surface area (Å²) in [5, 5.41) is 2.47. The molecule has 3 aromatic carbocycles. The normalized spacial score (nSPS) is 14.2. The number of likely N-dealkylation sites (N-methyl/N-ethyl adjacent to an activating group) is 2. The van der Waals surface area contributed by atoms with Crippen LogP contribution in [0.2, 0.25) is 0 Å². The predicted molar refractivity (Wildman–Crippen MR) is 132 cm³/mol. The van der Waals surface area contributed by atoms with E-state index in [9.17, 15) is 9.59 Å². The Bertz CT molecular complexity index is 1250. The van der Waals surface area contributed by atoms with Gasteiger partial charge in [0.15, 0.2) is 16.6 Å². The molecule has 0 atom stereocenters. The molecule has 1 heterocycles. The molecule has 0 unspecified atom stereocenters. The minimum atomic E-state index is -0.433. The van der Waals surface area contributed by atoms with E-state index in [-0.39, 0.29) is 10.7 Å². The number of fused-ring (bicyclic) bond motifs is 1. The van der Waals surface area contributed by atoms with Crippen LogP contribution in [0.3, 0.4) is 0 Å². The zero-order chi connectivity index (χ0) is 23.5. The van der Waals surface area contributed by atoms with Gasteiger partial charge in [0.2, 0.25) is 0 Å². The van der Waals surface area contributed by atoms with Crippen molar-refractivity contribution in [1.82, 2.24) is 9.80 Å². The Labute approximate surface area is 198 Å². The van der Waals surface area contributed by atoms with E-state index in [0.717, 1.165) is 16.3 Å². The molecule has 2 amide bonds. The summed E-state index contributed by atoms with van der Waals surface area (Å²) < 4.78 is 11.9. The molecule has 3 aromatic rings. The molecule has 1 fully saturated rings. The Kier molecular flexibility index (Phi) is 6.42. The van der Waals surface area contributed by atoms with Gasteiger partial charge in [-0.25, -0.2) is 0 Å². The molecule has 0 aliphatic carbocycles. The number of rotatable bonds is 6. The molecular weight excluding hydrogens is 436 g/mol. The van der Waals surface area contributed by atoms with Crippen molar-refractivity contribution >= 4 is 46.0 Å². The number of benzene rings is 3. The van der Waals surface area contributed by atoms with E-state index in [1.54, 1.807) is 38.4 Å². The summed E-state index contributed by atoms with van der Waals surface area (Å²) in [7, 11) is 3.11. The van der Waals surface area contributed by atoms with E-state index in [1.165, 1.54) is 9.80 Å². The summed E-state index contributed by atoms with van der Waals surface area (Å²) >= 11 is 5.14. The highest BCUT2D eigenvalue weighted by Gasteiger charge is 2.35. The maximum atomic E-state index is 12.6. The van der Waals surface area contributed by atoms with Gasteiger partial charge < -0.3 is 9.47 Å². The van der Waals surface area contributed by atoms with Crippen molar-refractivity contribution in [2.75, 3.05) is 20.7 Å². The van der Waals surface area contributed by atoms with Gasteiger partial charge in [0.25, 0.3) is 11.8 Å². The lowest BCUT2D eigenvalue weighted by Crippen LogP contribution is -2.52. The largest absolute Gasteiger partial charge is 0.490 e. The second-order valence-electron chi connectivity index (χ2n) is 7.64. The van der Waals surface area contributed by atoms with Crippen LogP contribution >= 0.6 is 12.2 Å². The third-order valence-corrected chi connectivity index (χ3v) is 6.03. The van der Waals surface area contributed by atoms with Gasteiger partial charge in [-0.2, -0.15) is 0 Å². The third-order valence-electron chi connectivity index (χ3n) is 5.49. The first kappa shape index (κ1) is 22.5. The van der Waals surface area contributed by atoms with Crippen LogP contribution in [0.1, 0.15) is 18.1 Å². The first-order valence-electron chi connectivity index (χ1n) is 10.6. The number of amides is 2. The molecule has 0 spiro atoms. The summed E-state index contributed by atoms with van der Waals surface area (Å²) in [6.45, 7) is 2.72. The number of ether oxygens (including phenoxy) is 2. The summed E-state index contributed by atoms with van der Waals surface area (Å²) in [5.41, 5.74) is 1.77. The fourth-order valence-electron chi connectivity index (χ4n) is 3.72. The van der Waals surface area contributed by atoms with Crippen molar-refractivity contribution in [2.45, 2.75) is 13.5 Å². The number of carbonyl (C=O) groups is 2. The highest BCUT2D eigenvalue weighted by atomic mass is 32.1. The van der Waals surface area contributed by atoms with Gasteiger partial charge >= 0.3 is 0 Å². The third kappa shape index (κ3) is 4.45. The van der Waals surface area contributed by atoms with E-state index < -0.39 is 11.8 Å². The van der Waals surface area contributed by atoms with E-state index in [1.807, 2.05) is 31.2 Å². The average Bonchev–Trinajstić information content (AvgIpc) is 2.84. The van der Waals surface area contributed by atoms with Crippen molar-refractivity contribution < 1.29 is 19.1 Å². The Hall–Kier alpha value is -3.71. The second kappa shape index (κ2) is 9.42. The first-order valence-corrected chi connectivity index (χ1v) is 11.0. The number of hydrogen-bond donors (Lipinski definition) is 0. The molecule has 0 radical (unpaired) electrons. The van der Waals surface area contributed by atoms with E-state index >= 15 is 0 Å². The Morgan fingerprint density at radius 1 is 0.879 bits per heavy atom. The zero-order valence-electron chi connectivity index (χ0n) is 18.7. The maximum Gasteiger partial charge on any atom is 0.265 e. The predicted octanol–water partition coefficient (Wildman–Crippen LogP) is 4.42. The van der Waals surface area contributed by atoms with Crippen molar-refractivity contribution in [2.24, 2.45) is 0 Å². The molecule has 0 aromatic heterocycles. The van der Waals surface area contributed by atoms with E-state index in [0.29, 0.717) is 30.3 Å². The van der Waals surface area contributed by atoms with Crippen LogP contribution in [-0.4, -0.2) is 47.4 Å². The Morgan fingerprint density at radius 2 is 1.58 bits per heavy atom. The van der Waals surface area contributed by atoms with Crippen LogP contribution in [0.15, 0.2) is 66.2 Å². The smallest absolute Gasteiger partial charge is 0.265 e. The van der Waals surface area contributed by atoms with Gasteiger partial charge in [0.1, 0.15) is 12.2 Å². The van der Waals surface area contributed by atoms with Gasteiger partial charge in [0.05, 0.1) is 6.61 Å². The minimum absolute atomic E-state index is 0.0421. The minimum Gasteiger partial charge on any atom is -0.490 e. The summed E-state index contributed by atoms with van der Waals surface area (Å²) in [4.78, 5) is 27.8. The van der Waals surface area contributed by atoms with Crippen LogP contribution in [0.25, 0.3) is 16.8 Å². The van der Waals surface area contributed by atoms with Crippen LogP contribution in [0.5, 0.6) is 11.5 Å². The quantitative estimate of drug-likeness (QED) is 0.310. The fraction of sp³-hybridized carbons (Fsp3) is 0.192. The molecule has 1 aliphatic rings. The SMILES string of the molecule is CCOc1cc(C=C2C(=O)N(C)C(=S)N(C)C2=O)ccc1OCc1cccc2ccccc12. The first-order chi connectivity index (χ1) is 15.9. The number of hydrogen-bond acceptors (Lipinski definition) is 5. The highest BCUT2D eigenvalue weighted by Crippen LogP contribution is 2.31. The lowest BCUT2D eigenvalue weighted by atomic mass is 10.1.